The zero-order valence-corrected chi connectivity index (χ0v) is 18.6. The van der Waals surface area contributed by atoms with E-state index in [0.717, 1.165) is 9.26 Å². The molecule has 0 radical (unpaired) electrons. The predicted octanol–water partition coefficient (Wildman–Crippen LogP) is 4.09. The van der Waals surface area contributed by atoms with Crippen LogP contribution in [-0.2, 0) is 9.53 Å². The van der Waals surface area contributed by atoms with Crippen LogP contribution in [0.4, 0.5) is 10.5 Å². The number of anilines is 1. The Kier molecular flexibility index (Phi) is 7.27. The molecule has 26 heavy (non-hydrogen) atoms. The van der Waals surface area contributed by atoms with Gasteiger partial charge in [0, 0.05) is 35.4 Å². The molecule has 1 aromatic rings. The van der Waals surface area contributed by atoms with Gasteiger partial charge < -0.3 is 19.9 Å². The number of nitrogens with zero attached hydrogens (tertiary/aromatic N) is 2. The van der Waals surface area contributed by atoms with Crippen molar-refractivity contribution in [1.29, 1.82) is 0 Å². The molecule has 1 aromatic carbocycles. The predicted molar refractivity (Wildman–Crippen MR) is 112 cm³/mol. The van der Waals surface area contributed by atoms with E-state index in [-0.39, 0.29) is 18.5 Å². The number of nitrogens with one attached hydrogen (secondary N) is 1. The van der Waals surface area contributed by atoms with Gasteiger partial charge in [-0.25, -0.2) is 4.79 Å². The van der Waals surface area contributed by atoms with Crippen LogP contribution in [0.5, 0.6) is 0 Å². The minimum Gasteiger partial charge on any atom is -0.444 e. The van der Waals surface area contributed by atoms with E-state index in [0.29, 0.717) is 36.2 Å². The Morgan fingerprint density at radius 1 is 1.12 bits per heavy atom. The minimum absolute atomic E-state index is 0.0317. The summed E-state index contributed by atoms with van der Waals surface area (Å²) in [5, 5.41) is 4.01. The third kappa shape index (κ3) is 6.06. The molecule has 0 aliphatic carbocycles. The van der Waals surface area contributed by atoms with E-state index < -0.39 is 5.60 Å². The lowest BCUT2D eigenvalue weighted by Crippen LogP contribution is -2.52. The van der Waals surface area contributed by atoms with Crippen LogP contribution < -0.4 is 5.32 Å². The SMILES string of the molecule is CC(C)(C)OC(=O)N1CCN(C(=O)CNc2cc(Cl)c(Cl)cc2I)CC1. The highest BCUT2D eigenvalue weighted by Crippen LogP contribution is 2.29. The fourth-order valence-electron chi connectivity index (χ4n) is 2.41. The normalized spacial score (nSPS) is 15.0. The summed E-state index contributed by atoms with van der Waals surface area (Å²) < 4.78 is 6.25. The maximum Gasteiger partial charge on any atom is 0.410 e. The van der Waals surface area contributed by atoms with Crippen LogP contribution in [0.25, 0.3) is 0 Å². The first kappa shape index (κ1) is 21.4. The molecule has 1 saturated heterocycles. The van der Waals surface area contributed by atoms with Gasteiger partial charge in [-0.3, -0.25) is 4.79 Å². The van der Waals surface area contributed by atoms with Gasteiger partial charge in [0.1, 0.15) is 5.60 Å². The van der Waals surface area contributed by atoms with Crippen LogP contribution in [0.2, 0.25) is 10.0 Å². The van der Waals surface area contributed by atoms with Crippen molar-refractivity contribution in [1.82, 2.24) is 9.80 Å². The quantitative estimate of drug-likeness (QED) is 0.488. The summed E-state index contributed by atoms with van der Waals surface area (Å²) in [5.74, 6) is -0.0317. The van der Waals surface area contributed by atoms with E-state index in [1.54, 1.807) is 21.9 Å². The lowest BCUT2D eigenvalue weighted by Gasteiger charge is -2.35. The van der Waals surface area contributed by atoms with Gasteiger partial charge in [0.2, 0.25) is 5.91 Å². The number of hydrogen-bond donors (Lipinski definition) is 1. The standard InChI is InChI=1S/C17H22Cl2IN3O3/c1-17(2,3)26-16(25)23-6-4-22(5-7-23)15(24)10-21-14-9-12(19)11(18)8-13(14)20/h8-9,21H,4-7,10H2,1-3H3. The highest BCUT2D eigenvalue weighted by Gasteiger charge is 2.27. The molecule has 0 atom stereocenters. The van der Waals surface area contributed by atoms with E-state index >= 15 is 0 Å². The maximum absolute atomic E-state index is 12.4. The molecule has 2 amide bonds. The third-order valence-corrected chi connectivity index (χ3v) is 5.34. The highest BCUT2D eigenvalue weighted by atomic mass is 127. The van der Waals surface area contributed by atoms with Crippen molar-refractivity contribution < 1.29 is 14.3 Å². The largest absolute Gasteiger partial charge is 0.444 e. The number of carbonyl (C=O) groups excluding carboxylic acids is 2. The summed E-state index contributed by atoms with van der Waals surface area (Å²) in [7, 11) is 0. The van der Waals surface area contributed by atoms with Crippen molar-refractivity contribution in [3.8, 4) is 0 Å². The molecule has 1 aliphatic heterocycles. The molecule has 6 nitrogen and oxygen atoms in total. The molecule has 0 spiro atoms. The van der Waals surface area contributed by atoms with Gasteiger partial charge in [-0.05, 0) is 55.5 Å². The van der Waals surface area contributed by atoms with Gasteiger partial charge in [0.25, 0.3) is 0 Å². The second kappa shape index (κ2) is 8.84. The second-order valence-corrected chi connectivity index (χ2v) is 8.92. The Morgan fingerprint density at radius 2 is 1.65 bits per heavy atom. The molecule has 9 heteroatoms. The average Bonchev–Trinajstić information content (AvgIpc) is 2.55. The number of benzene rings is 1. The summed E-state index contributed by atoms with van der Waals surface area (Å²) in [4.78, 5) is 27.8. The first-order valence-corrected chi connectivity index (χ1v) is 10.0. The monoisotopic (exact) mass is 513 g/mol. The molecule has 0 aromatic heterocycles. The van der Waals surface area contributed by atoms with Crippen LogP contribution >= 0.6 is 45.8 Å². The van der Waals surface area contributed by atoms with Crippen LogP contribution in [-0.4, -0.2) is 60.1 Å². The summed E-state index contributed by atoms with van der Waals surface area (Å²) in [6.45, 7) is 7.55. The molecular formula is C17H22Cl2IN3O3. The van der Waals surface area contributed by atoms with Crippen molar-refractivity contribution in [2.75, 3.05) is 38.0 Å². The van der Waals surface area contributed by atoms with E-state index in [1.165, 1.54) is 0 Å². The Hall–Kier alpha value is -0.930. The second-order valence-electron chi connectivity index (χ2n) is 6.95. The number of carbonyl (C=O) groups is 2. The minimum atomic E-state index is -0.523. The molecule has 1 heterocycles. The lowest BCUT2D eigenvalue weighted by atomic mass is 10.2. The molecule has 2 rings (SSSR count). The molecule has 1 fully saturated rings. The van der Waals surface area contributed by atoms with E-state index in [4.69, 9.17) is 27.9 Å². The van der Waals surface area contributed by atoms with Crippen molar-refractivity contribution in [3.63, 3.8) is 0 Å². The summed E-state index contributed by atoms with van der Waals surface area (Å²) in [5.41, 5.74) is 0.242. The summed E-state index contributed by atoms with van der Waals surface area (Å²) >= 11 is 14.1. The van der Waals surface area contributed by atoms with Crippen LogP contribution in [0.3, 0.4) is 0 Å². The van der Waals surface area contributed by atoms with Crippen molar-refractivity contribution in [2.45, 2.75) is 26.4 Å². The first-order valence-electron chi connectivity index (χ1n) is 8.21. The smallest absolute Gasteiger partial charge is 0.410 e. The van der Waals surface area contributed by atoms with Crippen LogP contribution in [0.15, 0.2) is 12.1 Å². The molecule has 1 aliphatic rings. The number of ether oxygens (including phenoxy) is 1. The van der Waals surface area contributed by atoms with Gasteiger partial charge in [-0.15, -0.1) is 0 Å². The van der Waals surface area contributed by atoms with Crippen LogP contribution in [0.1, 0.15) is 20.8 Å². The Bertz CT molecular complexity index is 687. The van der Waals surface area contributed by atoms with Gasteiger partial charge in [-0.2, -0.15) is 0 Å². The zero-order chi connectivity index (χ0) is 19.5. The van der Waals surface area contributed by atoms with Crippen molar-refractivity contribution in [3.05, 3.63) is 25.7 Å². The zero-order valence-electron chi connectivity index (χ0n) is 14.9. The summed E-state index contributed by atoms with van der Waals surface area (Å²) in [6.07, 6.45) is -0.340. The Morgan fingerprint density at radius 3 is 2.23 bits per heavy atom. The van der Waals surface area contributed by atoms with Crippen LogP contribution in [0, 0.1) is 3.57 Å². The maximum atomic E-state index is 12.4. The molecule has 1 N–H and O–H groups in total. The van der Waals surface area contributed by atoms with Crippen molar-refractivity contribution in [2.24, 2.45) is 0 Å². The van der Waals surface area contributed by atoms with Crippen molar-refractivity contribution >= 4 is 63.5 Å². The molecule has 144 valence electrons. The topological polar surface area (TPSA) is 61.9 Å². The van der Waals surface area contributed by atoms with Gasteiger partial charge in [0.05, 0.1) is 16.6 Å². The van der Waals surface area contributed by atoms with E-state index in [1.807, 2.05) is 20.8 Å². The number of piperazine rings is 1. The van der Waals surface area contributed by atoms with Gasteiger partial charge >= 0.3 is 6.09 Å². The van der Waals surface area contributed by atoms with Gasteiger partial charge in [-0.1, -0.05) is 23.2 Å². The fraction of sp³-hybridized carbons (Fsp3) is 0.529. The molecule has 0 bridgehead atoms. The number of amides is 2. The fourth-order valence-corrected chi connectivity index (χ4v) is 3.57. The molecule has 0 saturated carbocycles. The molecule has 0 unspecified atom stereocenters. The van der Waals surface area contributed by atoms with E-state index in [2.05, 4.69) is 27.9 Å². The lowest BCUT2D eigenvalue weighted by molar-refractivity contribution is -0.131. The average molecular weight is 514 g/mol. The number of rotatable bonds is 3. The van der Waals surface area contributed by atoms with Gasteiger partial charge in [0.15, 0.2) is 0 Å². The number of hydrogen-bond acceptors (Lipinski definition) is 4. The summed E-state index contributed by atoms with van der Waals surface area (Å²) in [6, 6.07) is 3.45. The third-order valence-electron chi connectivity index (χ3n) is 3.72. The molecular weight excluding hydrogens is 492 g/mol. The first-order chi connectivity index (χ1) is 12.1. The highest BCUT2D eigenvalue weighted by molar-refractivity contribution is 14.1. The Balaban J connectivity index is 1.83. The number of halogens is 3. The van der Waals surface area contributed by atoms with E-state index in [9.17, 15) is 9.59 Å². The Labute approximate surface area is 177 Å².